The van der Waals surface area contributed by atoms with E-state index in [0.29, 0.717) is 43.6 Å². The van der Waals surface area contributed by atoms with Crippen molar-refractivity contribution in [3.05, 3.63) is 107 Å². The van der Waals surface area contributed by atoms with Crippen molar-refractivity contribution in [3.63, 3.8) is 0 Å². The van der Waals surface area contributed by atoms with Crippen LogP contribution in [0.3, 0.4) is 0 Å². The monoisotopic (exact) mass is 678 g/mol. The Morgan fingerprint density at radius 1 is 1.00 bits per heavy atom. The fraction of sp³-hybridized carbons (Fsp3) is 0.378. The molecule has 7 rings (SSSR count). The highest BCUT2D eigenvalue weighted by molar-refractivity contribution is 6.71. The number of fused-ring (bicyclic) bond motifs is 2. The number of rotatable bonds is 10. The van der Waals surface area contributed by atoms with Crippen LogP contribution in [0.25, 0.3) is 0 Å². The molecule has 3 aliphatic heterocycles. The number of aryl methyl sites for hydroxylation is 1. The zero-order valence-corrected chi connectivity index (χ0v) is 29.1. The summed E-state index contributed by atoms with van der Waals surface area (Å²) in [7, 11) is -2.82. The predicted octanol–water partition coefficient (Wildman–Crippen LogP) is 4.78. The molecule has 3 aliphatic rings. The third kappa shape index (κ3) is 6.03. The first-order valence-electron chi connectivity index (χ1n) is 17.0. The van der Waals surface area contributed by atoms with E-state index < -0.39 is 13.9 Å². The fourth-order valence-electron chi connectivity index (χ4n) is 7.96. The predicted molar refractivity (Wildman–Crippen MR) is 188 cm³/mol. The van der Waals surface area contributed by atoms with Crippen LogP contribution in [0.1, 0.15) is 48.6 Å². The van der Waals surface area contributed by atoms with Crippen molar-refractivity contribution < 1.29 is 24.2 Å². The van der Waals surface area contributed by atoms with Crippen LogP contribution in [-0.2, 0) is 39.4 Å². The minimum absolute atomic E-state index is 0.00133. The van der Waals surface area contributed by atoms with Gasteiger partial charge in [-0.25, -0.2) is 5.01 Å². The van der Waals surface area contributed by atoms with E-state index in [2.05, 4.69) is 10.3 Å². The standard InChI is InChI=1S/C37H42N6O5Si/c1-25-35(49(2,3)47)33(18-20-41-24-28(19-21-44)38-40-41)48-37(25)30-14-7-8-15-32(30)42(36(37)46)23-26-10-9-13-29(22-26)43-34(45)17-16-31(39-43)27-11-5-4-6-12-27/h4-15,22,24-25,33,35,44,47H,16-21,23H2,1-3H3/t25-,33+,35-,37+/m1/s1. The second kappa shape index (κ2) is 13.1. The van der Waals surface area contributed by atoms with Gasteiger partial charge < -0.3 is 19.5 Å². The van der Waals surface area contributed by atoms with Gasteiger partial charge in [0.05, 0.1) is 35.4 Å². The van der Waals surface area contributed by atoms with Gasteiger partial charge in [-0.05, 0) is 48.8 Å². The highest BCUT2D eigenvalue weighted by atomic mass is 28.4. The van der Waals surface area contributed by atoms with Gasteiger partial charge in [0.1, 0.15) is 0 Å². The van der Waals surface area contributed by atoms with Gasteiger partial charge in [-0.2, -0.15) is 5.10 Å². The summed E-state index contributed by atoms with van der Waals surface area (Å²) in [5, 5.41) is 23.8. The lowest BCUT2D eigenvalue weighted by molar-refractivity contribution is -0.146. The molecule has 4 atom stereocenters. The van der Waals surface area contributed by atoms with Gasteiger partial charge in [0.15, 0.2) is 13.9 Å². The summed E-state index contributed by atoms with van der Waals surface area (Å²) in [6.07, 6.45) is 3.35. The molecule has 1 aromatic heterocycles. The van der Waals surface area contributed by atoms with Crippen LogP contribution in [0, 0.1) is 5.92 Å². The van der Waals surface area contributed by atoms with E-state index in [1.165, 1.54) is 5.01 Å². The third-order valence-corrected chi connectivity index (χ3v) is 12.6. The van der Waals surface area contributed by atoms with Crippen LogP contribution in [0.15, 0.2) is 90.2 Å². The molecule has 4 aromatic rings. The fourth-order valence-corrected chi connectivity index (χ4v) is 10.6. The molecule has 1 fully saturated rings. The van der Waals surface area contributed by atoms with E-state index in [4.69, 9.17) is 9.84 Å². The minimum atomic E-state index is -2.82. The Morgan fingerprint density at radius 3 is 2.55 bits per heavy atom. The van der Waals surface area contributed by atoms with Crippen LogP contribution in [0.2, 0.25) is 18.6 Å². The van der Waals surface area contributed by atoms with Crippen molar-refractivity contribution in [3.8, 4) is 0 Å². The van der Waals surface area contributed by atoms with Gasteiger partial charge in [-0.15, -0.1) is 5.10 Å². The molecular formula is C37H42N6O5Si. The molecule has 2 N–H and O–H groups in total. The topological polar surface area (TPSA) is 133 Å². The first kappa shape index (κ1) is 33.0. The summed E-state index contributed by atoms with van der Waals surface area (Å²) >= 11 is 0. The van der Waals surface area contributed by atoms with Gasteiger partial charge in [-0.1, -0.05) is 72.8 Å². The van der Waals surface area contributed by atoms with Crippen molar-refractivity contribution in [2.24, 2.45) is 11.0 Å². The number of amides is 2. The highest BCUT2D eigenvalue weighted by Gasteiger charge is 2.66. The number of nitrogens with zero attached hydrogens (tertiary/aromatic N) is 6. The lowest BCUT2D eigenvalue weighted by atomic mass is 9.82. The average Bonchev–Trinajstić information content (AvgIpc) is 3.74. The number of aliphatic hydroxyl groups excluding tert-OH is 1. The maximum atomic E-state index is 14.8. The number of carbonyl (C=O) groups is 2. The maximum absolute atomic E-state index is 14.8. The maximum Gasteiger partial charge on any atom is 0.264 e. The van der Waals surface area contributed by atoms with Crippen LogP contribution >= 0.6 is 0 Å². The first-order chi connectivity index (χ1) is 23.6. The number of para-hydroxylation sites is 1. The number of aromatic nitrogens is 3. The number of anilines is 2. The van der Waals surface area contributed by atoms with E-state index in [1.807, 2.05) is 105 Å². The number of aliphatic hydroxyl groups is 1. The summed E-state index contributed by atoms with van der Waals surface area (Å²) < 4.78 is 8.67. The molecule has 49 heavy (non-hydrogen) atoms. The highest BCUT2D eigenvalue weighted by Crippen LogP contribution is 2.59. The normalized spacial score (nSPS) is 23.8. The molecule has 0 radical (unpaired) electrons. The number of hydrogen-bond donors (Lipinski definition) is 2. The zero-order valence-electron chi connectivity index (χ0n) is 28.1. The molecule has 11 nitrogen and oxygen atoms in total. The molecule has 0 unspecified atom stereocenters. The summed E-state index contributed by atoms with van der Waals surface area (Å²) in [6, 6.07) is 25.3. The van der Waals surface area contributed by atoms with Gasteiger partial charge >= 0.3 is 0 Å². The second-order valence-corrected chi connectivity index (χ2v) is 17.8. The molecule has 12 heteroatoms. The molecular weight excluding hydrogens is 637 g/mol. The van der Waals surface area contributed by atoms with E-state index in [-0.39, 0.29) is 42.5 Å². The van der Waals surface area contributed by atoms with E-state index in [1.54, 1.807) is 9.58 Å². The first-order valence-corrected chi connectivity index (χ1v) is 20.0. The number of hydrogen-bond acceptors (Lipinski definition) is 8. The number of ether oxygens (including phenoxy) is 1. The summed E-state index contributed by atoms with van der Waals surface area (Å²) in [5.74, 6) is -0.511. The quantitative estimate of drug-likeness (QED) is 0.231. The third-order valence-electron chi connectivity index (χ3n) is 10.1. The SMILES string of the molecule is C[C@@H]1[C@@H]([Si](C)(C)O)[C@H](CCn2cc(CCO)nn2)O[C@@]12C(=O)N(Cc1cccc(N3N=C(c4ccccc4)CCC3=O)c1)c1ccccc12. The van der Waals surface area contributed by atoms with Crippen molar-refractivity contribution in [1.82, 2.24) is 15.0 Å². The minimum Gasteiger partial charge on any atom is -0.432 e. The molecule has 0 saturated carbocycles. The summed E-state index contributed by atoms with van der Waals surface area (Å²) in [4.78, 5) is 41.3. The lowest BCUT2D eigenvalue weighted by Crippen LogP contribution is -2.46. The number of hydrazone groups is 1. The van der Waals surface area contributed by atoms with Gasteiger partial charge in [0.25, 0.3) is 5.91 Å². The van der Waals surface area contributed by atoms with Crippen LogP contribution < -0.4 is 9.91 Å². The van der Waals surface area contributed by atoms with E-state index >= 15 is 0 Å². The van der Waals surface area contributed by atoms with E-state index in [0.717, 1.165) is 28.1 Å². The lowest BCUT2D eigenvalue weighted by Gasteiger charge is -2.32. The Labute approximate surface area is 286 Å². The number of carbonyl (C=O) groups excluding carboxylic acids is 2. The van der Waals surface area contributed by atoms with Crippen molar-refractivity contribution in [2.45, 2.75) is 76.0 Å². The number of benzene rings is 3. The Bertz CT molecular complexity index is 1890. The molecule has 0 bridgehead atoms. The van der Waals surface area contributed by atoms with Crippen LogP contribution in [0.5, 0.6) is 0 Å². The molecule has 4 heterocycles. The second-order valence-electron chi connectivity index (χ2n) is 13.8. The van der Waals surface area contributed by atoms with Gasteiger partial charge in [0, 0.05) is 55.6 Å². The summed E-state index contributed by atoms with van der Waals surface area (Å²) in [5.41, 5.74) is 4.19. The van der Waals surface area contributed by atoms with Crippen molar-refractivity contribution in [2.75, 3.05) is 16.5 Å². The Morgan fingerprint density at radius 2 is 1.78 bits per heavy atom. The smallest absolute Gasteiger partial charge is 0.264 e. The molecule has 0 aliphatic carbocycles. The van der Waals surface area contributed by atoms with Crippen LogP contribution in [-0.4, -0.2) is 63.5 Å². The molecule has 1 saturated heterocycles. The van der Waals surface area contributed by atoms with Crippen LogP contribution in [0.4, 0.5) is 11.4 Å². The zero-order chi connectivity index (χ0) is 34.3. The Kier molecular flexibility index (Phi) is 8.82. The van der Waals surface area contributed by atoms with Crippen molar-refractivity contribution >= 4 is 37.2 Å². The summed E-state index contributed by atoms with van der Waals surface area (Å²) in [6.45, 7) is 6.65. The molecule has 254 valence electrons. The molecule has 2 amide bonds. The Hall–Kier alpha value is -4.49. The van der Waals surface area contributed by atoms with E-state index in [9.17, 15) is 19.5 Å². The van der Waals surface area contributed by atoms with Crippen molar-refractivity contribution in [1.29, 1.82) is 0 Å². The van der Waals surface area contributed by atoms with Gasteiger partial charge in [-0.3, -0.25) is 14.3 Å². The Balaban J connectivity index is 1.18. The van der Waals surface area contributed by atoms with Gasteiger partial charge in [0.2, 0.25) is 5.91 Å². The molecule has 3 aromatic carbocycles. The average molecular weight is 679 g/mol. The largest absolute Gasteiger partial charge is 0.432 e. The molecule has 1 spiro atoms.